The molecule has 7 heteroatoms. The lowest BCUT2D eigenvalue weighted by Gasteiger charge is -2.50. The number of fused-ring (bicyclic) bond motifs is 5. The van der Waals surface area contributed by atoms with Gasteiger partial charge < -0.3 is 15.0 Å². The van der Waals surface area contributed by atoms with Crippen LogP contribution >= 0.6 is 0 Å². The zero-order valence-corrected chi connectivity index (χ0v) is 27.0. The van der Waals surface area contributed by atoms with Gasteiger partial charge in [-0.15, -0.1) is 0 Å². The summed E-state index contributed by atoms with van der Waals surface area (Å²) in [5.74, 6) is 2.47. The van der Waals surface area contributed by atoms with E-state index in [1.165, 1.54) is 22.4 Å². The predicted octanol–water partition coefficient (Wildman–Crippen LogP) is 6.72. The van der Waals surface area contributed by atoms with Gasteiger partial charge in [-0.05, 0) is 121 Å². The van der Waals surface area contributed by atoms with Crippen molar-refractivity contribution >= 4 is 15.8 Å². The SMILES string of the molecule is COc1ccc2c(c1)CC[C@@H]1[C@@H]2CC[C@@]2(C)[C@H]1C[C@@H](CNCc1ccc(N(C)C)cc1)[C@@H]2OS(=O)(=O)c1ccc(C)cc1. The number of hydrogen-bond acceptors (Lipinski definition) is 6. The molecule has 43 heavy (non-hydrogen) atoms. The molecule has 0 heterocycles. The summed E-state index contributed by atoms with van der Waals surface area (Å²) >= 11 is 0. The summed E-state index contributed by atoms with van der Waals surface area (Å²) in [6, 6.07) is 22.2. The van der Waals surface area contributed by atoms with E-state index in [9.17, 15) is 8.42 Å². The van der Waals surface area contributed by atoms with E-state index < -0.39 is 10.1 Å². The van der Waals surface area contributed by atoms with Crippen molar-refractivity contribution in [3.8, 4) is 5.75 Å². The Labute approximate surface area is 257 Å². The second kappa shape index (κ2) is 11.9. The molecule has 3 aliphatic carbocycles. The molecule has 2 fully saturated rings. The van der Waals surface area contributed by atoms with Crippen LogP contribution < -0.4 is 15.0 Å². The first-order valence-corrected chi connectivity index (χ1v) is 17.1. The smallest absolute Gasteiger partial charge is 0.297 e. The van der Waals surface area contributed by atoms with Gasteiger partial charge in [-0.25, -0.2) is 0 Å². The molecule has 3 aromatic rings. The van der Waals surface area contributed by atoms with Gasteiger partial charge in [0.05, 0.1) is 18.1 Å². The van der Waals surface area contributed by atoms with Gasteiger partial charge in [-0.3, -0.25) is 4.18 Å². The molecule has 0 unspecified atom stereocenters. The molecule has 3 aliphatic rings. The van der Waals surface area contributed by atoms with Gasteiger partial charge in [0.25, 0.3) is 10.1 Å². The summed E-state index contributed by atoms with van der Waals surface area (Å²) in [6.07, 6.45) is 4.79. The molecule has 0 radical (unpaired) electrons. The average Bonchev–Trinajstić information content (AvgIpc) is 3.27. The molecule has 6 atom stereocenters. The number of ether oxygens (including phenoxy) is 1. The van der Waals surface area contributed by atoms with Gasteiger partial charge in [0.1, 0.15) is 5.75 Å². The Kier molecular flexibility index (Phi) is 8.35. The fourth-order valence-electron chi connectivity index (χ4n) is 8.41. The second-order valence-corrected chi connectivity index (χ2v) is 15.1. The van der Waals surface area contributed by atoms with Crippen molar-refractivity contribution in [2.45, 2.75) is 69.4 Å². The van der Waals surface area contributed by atoms with Crippen LogP contribution in [-0.2, 0) is 27.3 Å². The van der Waals surface area contributed by atoms with Gasteiger partial charge in [0, 0.05) is 32.9 Å². The molecule has 6 nitrogen and oxygen atoms in total. The Morgan fingerprint density at radius 3 is 2.44 bits per heavy atom. The van der Waals surface area contributed by atoms with Crippen LogP contribution in [0, 0.1) is 30.1 Å². The highest BCUT2D eigenvalue weighted by Gasteiger charge is 2.59. The Bertz CT molecular complexity index is 1540. The van der Waals surface area contributed by atoms with E-state index in [-0.39, 0.29) is 22.3 Å². The first kappa shape index (κ1) is 30.2. The molecule has 0 aromatic heterocycles. The van der Waals surface area contributed by atoms with E-state index in [4.69, 9.17) is 8.92 Å². The van der Waals surface area contributed by atoms with E-state index >= 15 is 0 Å². The van der Waals surface area contributed by atoms with Crippen molar-refractivity contribution in [1.29, 1.82) is 0 Å². The van der Waals surface area contributed by atoms with Gasteiger partial charge in [0.2, 0.25) is 0 Å². The number of rotatable bonds is 9. The number of anilines is 1. The largest absolute Gasteiger partial charge is 0.497 e. The standard InChI is InChI=1S/C36H46N2O4S/c1-24-6-14-30(15-7-24)43(39,40)42-35-27(23-37-22-25-8-11-28(12-9-25)38(3)4)21-34-33-16-10-26-20-29(41-5)13-17-31(26)32(33)18-19-36(34,35)2/h6-9,11-15,17,20,27,32-35,37H,10,16,18-19,21-23H2,1-5H3/t27-,32+,33+,34-,35-,36-/m0/s1. The number of nitrogens with zero attached hydrogens (tertiary/aromatic N) is 1. The van der Waals surface area contributed by atoms with Crippen molar-refractivity contribution in [2.24, 2.45) is 23.2 Å². The topological polar surface area (TPSA) is 67.9 Å². The maximum Gasteiger partial charge on any atom is 0.297 e. The summed E-state index contributed by atoms with van der Waals surface area (Å²) in [4.78, 5) is 2.34. The number of aryl methyl sites for hydroxylation is 2. The average molecular weight is 603 g/mol. The van der Waals surface area contributed by atoms with E-state index in [1.54, 1.807) is 19.2 Å². The van der Waals surface area contributed by atoms with E-state index in [2.05, 4.69) is 59.6 Å². The summed E-state index contributed by atoms with van der Waals surface area (Å²) in [7, 11) is 1.92. The quantitative estimate of drug-likeness (QED) is 0.275. The normalized spacial score (nSPS) is 28.1. The Morgan fingerprint density at radius 2 is 1.74 bits per heavy atom. The minimum absolute atomic E-state index is 0.104. The Balaban J connectivity index is 1.26. The molecule has 2 saturated carbocycles. The lowest BCUT2D eigenvalue weighted by Crippen LogP contribution is -2.46. The molecule has 0 aliphatic heterocycles. The van der Waals surface area contributed by atoms with Crippen LogP contribution in [-0.4, -0.2) is 42.3 Å². The lowest BCUT2D eigenvalue weighted by atomic mass is 9.55. The van der Waals surface area contributed by atoms with Gasteiger partial charge in [0.15, 0.2) is 0 Å². The summed E-state index contributed by atoms with van der Waals surface area (Å²) < 4.78 is 39.3. The molecule has 0 bridgehead atoms. The predicted molar refractivity (Wildman–Crippen MR) is 172 cm³/mol. The van der Waals surface area contributed by atoms with Crippen LogP contribution in [0.25, 0.3) is 0 Å². The number of benzene rings is 3. The zero-order chi connectivity index (χ0) is 30.4. The highest BCUT2D eigenvalue weighted by atomic mass is 32.2. The zero-order valence-electron chi connectivity index (χ0n) is 26.2. The summed E-state index contributed by atoms with van der Waals surface area (Å²) in [6.45, 7) is 5.74. The molecule has 3 aromatic carbocycles. The number of nitrogens with one attached hydrogen (secondary N) is 1. The van der Waals surface area contributed by atoms with E-state index in [0.717, 1.165) is 56.5 Å². The van der Waals surface area contributed by atoms with Crippen LogP contribution in [0.15, 0.2) is 71.6 Å². The van der Waals surface area contributed by atoms with Crippen molar-refractivity contribution in [1.82, 2.24) is 5.32 Å². The van der Waals surface area contributed by atoms with Crippen molar-refractivity contribution in [3.63, 3.8) is 0 Å². The monoisotopic (exact) mass is 602 g/mol. The highest BCUT2D eigenvalue weighted by molar-refractivity contribution is 7.86. The van der Waals surface area contributed by atoms with Crippen LogP contribution in [0.4, 0.5) is 5.69 Å². The highest BCUT2D eigenvalue weighted by Crippen LogP contribution is 2.63. The van der Waals surface area contributed by atoms with Crippen LogP contribution in [0.3, 0.4) is 0 Å². The minimum Gasteiger partial charge on any atom is -0.497 e. The van der Waals surface area contributed by atoms with Gasteiger partial charge >= 0.3 is 0 Å². The second-order valence-electron chi connectivity index (χ2n) is 13.5. The molecule has 230 valence electrons. The molecular weight excluding hydrogens is 556 g/mol. The fraction of sp³-hybridized carbons (Fsp3) is 0.500. The Hall–Kier alpha value is -2.87. The van der Waals surface area contributed by atoms with Crippen molar-refractivity contribution < 1.29 is 17.3 Å². The van der Waals surface area contributed by atoms with Crippen LogP contribution in [0.1, 0.15) is 60.8 Å². The third-order valence-electron chi connectivity index (χ3n) is 10.7. The van der Waals surface area contributed by atoms with Gasteiger partial charge in [-0.1, -0.05) is 42.8 Å². The number of hydrogen-bond donors (Lipinski definition) is 1. The molecular formula is C36H46N2O4S. The lowest BCUT2D eigenvalue weighted by molar-refractivity contribution is -0.0159. The first-order chi connectivity index (χ1) is 20.6. The van der Waals surface area contributed by atoms with Crippen molar-refractivity contribution in [2.75, 3.05) is 32.6 Å². The van der Waals surface area contributed by atoms with Crippen LogP contribution in [0.2, 0.25) is 0 Å². The number of methoxy groups -OCH3 is 1. The first-order valence-electron chi connectivity index (χ1n) is 15.7. The van der Waals surface area contributed by atoms with Crippen molar-refractivity contribution in [3.05, 3.63) is 89.0 Å². The summed E-state index contributed by atoms with van der Waals surface area (Å²) in [5, 5.41) is 3.68. The molecule has 0 amide bonds. The summed E-state index contributed by atoms with van der Waals surface area (Å²) in [5.41, 5.74) is 6.09. The molecule has 0 saturated heterocycles. The van der Waals surface area contributed by atoms with E-state index in [1.807, 2.05) is 33.2 Å². The minimum atomic E-state index is -3.90. The Morgan fingerprint density at radius 1 is 1.00 bits per heavy atom. The van der Waals surface area contributed by atoms with E-state index in [0.29, 0.717) is 17.8 Å². The maximum atomic E-state index is 13.7. The van der Waals surface area contributed by atoms with Gasteiger partial charge in [-0.2, -0.15) is 8.42 Å². The molecule has 0 spiro atoms. The molecule has 6 rings (SSSR count). The molecule has 1 N–H and O–H groups in total. The third-order valence-corrected chi connectivity index (χ3v) is 12.0. The fourth-order valence-corrected chi connectivity index (χ4v) is 9.64. The maximum absolute atomic E-state index is 13.7. The van der Waals surface area contributed by atoms with Crippen LogP contribution in [0.5, 0.6) is 5.75 Å². The third kappa shape index (κ3) is 5.84.